The highest BCUT2D eigenvalue weighted by atomic mass is 35.5. The van der Waals surface area contributed by atoms with Gasteiger partial charge in [0.2, 0.25) is 0 Å². The Kier molecular flexibility index (Phi) is 4.01. The van der Waals surface area contributed by atoms with Gasteiger partial charge in [0.25, 0.3) is 0 Å². The molecule has 0 fully saturated rings. The molecule has 0 saturated carbocycles. The van der Waals surface area contributed by atoms with Crippen LogP contribution < -0.4 is 11.1 Å². The van der Waals surface area contributed by atoms with E-state index in [1.807, 2.05) is 33.0 Å². The monoisotopic (exact) mass is 246 g/mol. The molecular formula is C11H16Cl2N2. The van der Waals surface area contributed by atoms with Crippen molar-refractivity contribution >= 4 is 23.2 Å². The van der Waals surface area contributed by atoms with Crippen LogP contribution in [0.15, 0.2) is 18.2 Å². The smallest absolute Gasteiger partial charge is 0.0595 e. The number of halogens is 2. The van der Waals surface area contributed by atoms with Gasteiger partial charge in [-0.15, -0.1) is 0 Å². The van der Waals surface area contributed by atoms with Gasteiger partial charge in [-0.05, 0) is 38.6 Å². The highest BCUT2D eigenvalue weighted by molar-refractivity contribution is 6.42. The third-order valence-corrected chi connectivity index (χ3v) is 3.46. The average Bonchev–Trinajstić information content (AvgIpc) is 2.21. The summed E-state index contributed by atoms with van der Waals surface area (Å²) < 4.78 is 0. The number of nitrogens with one attached hydrogen (secondary N) is 1. The Morgan fingerprint density at radius 3 is 2.33 bits per heavy atom. The van der Waals surface area contributed by atoms with Gasteiger partial charge in [-0.3, -0.25) is 0 Å². The second-order valence-electron chi connectivity index (χ2n) is 4.12. The van der Waals surface area contributed by atoms with Crippen LogP contribution in [-0.2, 0) is 0 Å². The fraction of sp³-hybridized carbons (Fsp3) is 0.455. The zero-order valence-corrected chi connectivity index (χ0v) is 10.7. The molecular weight excluding hydrogens is 231 g/mol. The van der Waals surface area contributed by atoms with Crippen molar-refractivity contribution in [2.24, 2.45) is 5.73 Å². The van der Waals surface area contributed by atoms with Gasteiger partial charge in [0.1, 0.15) is 0 Å². The van der Waals surface area contributed by atoms with E-state index in [0.29, 0.717) is 10.0 Å². The first kappa shape index (κ1) is 12.8. The number of likely N-dealkylation sites (N-methyl/N-ethyl adjacent to an activating group) is 1. The lowest BCUT2D eigenvalue weighted by Crippen LogP contribution is -2.46. The van der Waals surface area contributed by atoms with Gasteiger partial charge < -0.3 is 11.1 Å². The number of rotatable bonds is 3. The molecule has 0 aromatic heterocycles. The van der Waals surface area contributed by atoms with E-state index in [1.54, 1.807) is 6.07 Å². The van der Waals surface area contributed by atoms with E-state index in [4.69, 9.17) is 28.9 Å². The maximum Gasteiger partial charge on any atom is 0.0595 e. The fourth-order valence-corrected chi connectivity index (χ4v) is 1.58. The molecule has 0 radical (unpaired) electrons. The summed E-state index contributed by atoms with van der Waals surface area (Å²) in [5, 5.41) is 4.26. The van der Waals surface area contributed by atoms with Crippen molar-refractivity contribution in [2.45, 2.75) is 25.4 Å². The highest BCUT2D eigenvalue weighted by Gasteiger charge is 2.25. The summed E-state index contributed by atoms with van der Waals surface area (Å²) in [5.41, 5.74) is 6.93. The number of hydrogen-bond donors (Lipinski definition) is 2. The Hall–Kier alpha value is -0.280. The lowest BCUT2D eigenvalue weighted by molar-refractivity contribution is 0.349. The third-order valence-electron chi connectivity index (χ3n) is 2.72. The van der Waals surface area contributed by atoms with E-state index in [2.05, 4.69) is 5.32 Å². The molecule has 0 saturated heterocycles. The maximum atomic E-state index is 6.14. The fourth-order valence-electron chi connectivity index (χ4n) is 1.28. The number of hydrogen-bond acceptors (Lipinski definition) is 2. The summed E-state index contributed by atoms with van der Waals surface area (Å²) in [6.45, 7) is 4.08. The standard InChI is InChI=1S/C11H16Cl2N2/c1-11(2,15-3)10(14)7-4-5-8(12)9(13)6-7/h4-6,10,15H,14H2,1-3H3. The molecule has 1 aromatic rings. The molecule has 1 rings (SSSR count). The summed E-state index contributed by atoms with van der Waals surface area (Å²) in [6, 6.07) is 5.36. The summed E-state index contributed by atoms with van der Waals surface area (Å²) >= 11 is 11.8. The van der Waals surface area contributed by atoms with E-state index < -0.39 is 0 Å². The molecule has 0 amide bonds. The normalized spacial score (nSPS) is 14.0. The summed E-state index contributed by atoms with van der Waals surface area (Å²) in [6.07, 6.45) is 0. The zero-order valence-electron chi connectivity index (χ0n) is 9.14. The molecule has 84 valence electrons. The van der Waals surface area contributed by atoms with E-state index >= 15 is 0 Å². The lowest BCUT2D eigenvalue weighted by Gasteiger charge is -2.31. The molecule has 3 N–H and O–H groups in total. The van der Waals surface area contributed by atoms with E-state index in [0.717, 1.165) is 5.56 Å². The van der Waals surface area contributed by atoms with Crippen molar-refractivity contribution in [2.75, 3.05) is 7.05 Å². The molecule has 2 nitrogen and oxygen atoms in total. The van der Waals surface area contributed by atoms with Crippen molar-refractivity contribution < 1.29 is 0 Å². The Bertz CT molecular complexity index is 350. The van der Waals surface area contributed by atoms with Crippen LogP contribution in [0, 0.1) is 0 Å². The molecule has 15 heavy (non-hydrogen) atoms. The predicted molar refractivity (Wildman–Crippen MR) is 66.5 cm³/mol. The second-order valence-corrected chi connectivity index (χ2v) is 4.94. The zero-order chi connectivity index (χ0) is 11.6. The van der Waals surface area contributed by atoms with Gasteiger partial charge in [-0.1, -0.05) is 29.3 Å². The molecule has 0 spiro atoms. The van der Waals surface area contributed by atoms with Crippen molar-refractivity contribution in [1.29, 1.82) is 0 Å². The minimum atomic E-state index is -0.183. The van der Waals surface area contributed by atoms with E-state index in [1.165, 1.54) is 0 Å². The minimum absolute atomic E-state index is 0.128. The SMILES string of the molecule is CNC(C)(C)C(N)c1ccc(Cl)c(Cl)c1. The summed E-state index contributed by atoms with van der Waals surface area (Å²) in [4.78, 5) is 0. The van der Waals surface area contributed by atoms with Gasteiger partial charge in [0, 0.05) is 11.6 Å². The summed E-state index contributed by atoms with van der Waals surface area (Å²) in [7, 11) is 1.89. The lowest BCUT2D eigenvalue weighted by atomic mass is 9.89. The van der Waals surface area contributed by atoms with Crippen LogP contribution >= 0.6 is 23.2 Å². The minimum Gasteiger partial charge on any atom is -0.322 e. The van der Waals surface area contributed by atoms with E-state index in [-0.39, 0.29) is 11.6 Å². The summed E-state index contributed by atoms with van der Waals surface area (Å²) in [5.74, 6) is 0. The largest absolute Gasteiger partial charge is 0.322 e. The first-order valence-corrected chi connectivity index (χ1v) is 5.53. The molecule has 4 heteroatoms. The average molecular weight is 247 g/mol. The molecule has 1 aromatic carbocycles. The van der Waals surface area contributed by atoms with Crippen molar-refractivity contribution in [3.05, 3.63) is 33.8 Å². The first-order valence-electron chi connectivity index (χ1n) is 4.78. The second kappa shape index (κ2) is 4.71. The molecule has 0 aliphatic rings. The van der Waals surface area contributed by atoms with Crippen LogP contribution in [0.5, 0.6) is 0 Å². The van der Waals surface area contributed by atoms with Gasteiger partial charge >= 0.3 is 0 Å². The number of nitrogens with two attached hydrogens (primary N) is 1. The Morgan fingerprint density at radius 2 is 1.87 bits per heavy atom. The molecule has 0 heterocycles. The first-order chi connectivity index (χ1) is 6.88. The third kappa shape index (κ3) is 2.85. The van der Waals surface area contributed by atoms with Crippen LogP contribution in [0.1, 0.15) is 25.5 Å². The maximum absolute atomic E-state index is 6.14. The predicted octanol–water partition coefficient (Wildman–Crippen LogP) is 2.99. The molecule has 1 unspecified atom stereocenters. The van der Waals surface area contributed by atoms with E-state index in [9.17, 15) is 0 Å². The van der Waals surface area contributed by atoms with Gasteiger partial charge in [0.15, 0.2) is 0 Å². The topological polar surface area (TPSA) is 38.0 Å². The highest BCUT2D eigenvalue weighted by Crippen LogP contribution is 2.28. The van der Waals surface area contributed by atoms with Crippen molar-refractivity contribution in [1.82, 2.24) is 5.32 Å². The van der Waals surface area contributed by atoms with Gasteiger partial charge in [0.05, 0.1) is 10.0 Å². The molecule has 1 atom stereocenters. The molecule has 0 bridgehead atoms. The molecule has 0 aliphatic heterocycles. The Labute approximate surface area is 101 Å². The quantitative estimate of drug-likeness (QED) is 0.861. The Morgan fingerprint density at radius 1 is 1.27 bits per heavy atom. The van der Waals surface area contributed by atoms with Gasteiger partial charge in [-0.2, -0.15) is 0 Å². The molecule has 0 aliphatic carbocycles. The van der Waals surface area contributed by atoms with Crippen LogP contribution in [0.4, 0.5) is 0 Å². The van der Waals surface area contributed by atoms with Crippen LogP contribution in [0.2, 0.25) is 10.0 Å². The van der Waals surface area contributed by atoms with Crippen molar-refractivity contribution in [3.8, 4) is 0 Å². The van der Waals surface area contributed by atoms with Crippen LogP contribution in [0.25, 0.3) is 0 Å². The van der Waals surface area contributed by atoms with Gasteiger partial charge in [-0.25, -0.2) is 0 Å². The van der Waals surface area contributed by atoms with Crippen LogP contribution in [-0.4, -0.2) is 12.6 Å². The van der Waals surface area contributed by atoms with Crippen LogP contribution in [0.3, 0.4) is 0 Å². The number of benzene rings is 1. The Balaban J connectivity index is 3.02. The van der Waals surface area contributed by atoms with Crippen molar-refractivity contribution in [3.63, 3.8) is 0 Å².